The predicted molar refractivity (Wildman–Crippen MR) is 74.8 cm³/mol. The Bertz CT molecular complexity index is 622. The molecule has 1 atom stereocenters. The maximum Gasteiger partial charge on any atom is 0.303 e. The van der Waals surface area contributed by atoms with Gasteiger partial charge in [-0.2, -0.15) is 0 Å². The molecule has 21 heavy (non-hydrogen) atoms. The molecular weight excluding hydrogens is 272 g/mol. The fourth-order valence-corrected chi connectivity index (χ4v) is 2.03. The normalized spacial score (nSPS) is 11.9. The highest BCUT2D eigenvalue weighted by molar-refractivity contribution is 5.95. The molecule has 1 unspecified atom stereocenters. The zero-order valence-corrected chi connectivity index (χ0v) is 11.6. The first-order valence-corrected chi connectivity index (χ1v) is 6.57. The molecule has 2 aromatic rings. The molecule has 110 valence electrons. The van der Waals surface area contributed by atoms with Crippen LogP contribution in [-0.2, 0) is 4.79 Å². The molecule has 6 nitrogen and oxygen atoms in total. The van der Waals surface area contributed by atoms with E-state index in [0.29, 0.717) is 17.7 Å². The average Bonchev–Trinajstić information content (AvgIpc) is 2.90. The van der Waals surface area contributed by atoms with Gasteiger partial charge in [0.2, 0.25) is 0 Å². The second-order valence-corrected chi connectivity index (χ2v) is 4.66. The number of benzene rings is 1. The van der Waals surface area contributed by atoms with Crippen LogP contribution in [0.2, 0.25) is 0 Å². The molecular formula is C15H16N2O4. The van der Waals surface area contributed by atoms with E-state index in [2.05, 4.69) is 10.5 Å². The van der Waals surface area contributed by atoms with Crippen LogP contribution in [0.3, 0.4) is 0 Å². The van der Waals surface area contributed by atoms with E-state index in [0.717, 1.165) is 5.56 Å². The summed E-state index contributed by atoms with van der Waals surface area (Å²) in [5.41, 5.74) is 1.22. The molecule has 0 aliphatic heterocycles. The van der Waals surface area contributed by atoms with Crippen LogP contribution in [0, 0.1) is 6.92 Å². The molecule has 0 saturated heterocycles. The van der Waals surface area contributed by atoms with Gasteiger partial charge in [0.25, 0.3) is 5.91 Å². The average molecular weight is 288 g/mol. The zero-order chi connectivity index (χ0) is 15.2. The monoisotopic (exact) mass is 288 g/mol. The van der Waals surface area contributed by atoms with Crippen molar-refractivity contribution in [3.05, 3.63) is 53.4 Å². The van der Waals surface area contributed by atoms with Crippen LogP contribution in [0.4, 0.5) is 0 Å². The fraction of sp³-hybridized carbons (Fsp3) is 0.267. The molecule has 1 amide bonds. The van der Waals surface area contributed by atoms with E-state index in [9.17, 15) is 9.59 Å². The molecule has 0 aliphatic carbocycles. The van der Waals surface area contributed by atoms with Crippen molar-refractivity contribution < 1.29 is 19.2 Å². The van der Waals surface area contributed by atoms with Crippen LogP contribution in [0.5, 0.6) is 0 Å². The van der Waals surface area contributed by atoms with Crippen molar-refractivity contribution in [3.8, 4) is 0 Å². The van der Waals surface area contributed by atoms with Crippen LogP contribution < -0.4 is 5.32 Å². The number of aromatic nitrogens is 1. The summed E-state index contributed by atoms with van der Waals surface area (Å²) in [7, 11) is 0. The van der Waals surface area contributed by atoms with Gasteiger partial charge in [0.1, 0.15) is 11.3 Å². The summed E-state index contributed by atoms with van der Waals surface area (Å²) in [6.07, 6.45) is 1.64. The summed E-state index contributed by atoms with van der Waals surface area (Å²) in [6, 6.07) is 8.90. The van der Waals surface area contributed by atoms with E-state index >= 15 is 0 Å². The number of rotatable bonds is 6. The number of hydrogen-bond acceptors (Lipinski definition) is 4. The SMILES string of the molecule is Cc1oncc1C(=O)NC(CCC(=O)O)c1ccccc1. The van der Waals surface area contributed by atoms with E-state index in [1.54, 1.807) is 6.92 Å². The Hall–Kier alpha value is -2.63. The third-order valence-corrected chi connectivity index (χ3v) is 3.15. The lowest BCUT2D eigenvalue weighted by molar-refractivity contribution is -0.137. The van der Waals surface area contributed by atoms with Crippen LogP contribution >= 0.6 is 0 Å². The number of carboxylic acids is 1. The highest BCUT2D eigenvalue weighted by atomic mass is 16.5. The van der Waals surface area contributed by atoms with Gasteiger partial charge in [-0.25, -0.2) is 0 Å². The van der Waals surface area contributed by atoms with E-state index in [-0.39, 0.29) is 18.4 Å². The molecule has 0 spiro atoms. The van der Waals surface area contributed by atoms with E-state index < -0.39 is 5.97 Å². The topological polar surface area (TPSA) is 92.4 Å². The molecule has 1 aromatic carbocycles. The van der Waals surface area contributed by atoms with Crippen molar-refractivity contribution in [2.45, 2.75) is 25.8 Å². The number of nitrogens with zero attached hydrogens (tertiary/aromatic N) is 1. The first kappa shape index (κ1) is 14.8. The maximum atomic E-state index is 12.2. The summed E-state index contributed by atoms with van der Waals surface area (Å²) in [4.78, 5) is 23.0. The van der Waals surface area contributed by atoms with Gasteiger partial charge in [0.15, 0.2) is 0 Å². The third kappa shape index (κ3) is 3.92. The molecule has 0 saturated carbocycles. The highest BCUT2D eigenvalue weighted by Gasteiger charge is 2.19. The van der Waals surface area contributed by atoms with E-state index in [1.165, 1.54) is 6.20 Å². The fourth-order valence-electron chi connectivity index (χ4n) is 2.03. The lowest BCUT2D eigenvalue weighted by Gasteiger charge is -2.18. The molecule has 6 heteroatoms. The number of amides is 1. The van der Waals surface area contributed by atoms with Gasteiger partial charge < -0.3 is 14.9 Å². The summed E-state index contributed by atoms with van der Waals surface area (Å²) in [5.74, 6) is -0.795. The van der Waals surface area contributed by atoms with Crippen molar-refractivity contribution in [1.82, 2.24) is 10.5 Å². The molecule has 2 N–H and O–H groups in total. The second-order valence-electron chi connectivity index (χ2n) is 4.66. The third-order valence-electron chi connectivity index (χ3n) is 3.15. The number of aliphatic carboxylic acids is 1. The van der Waals surface area contributed by atoms with E-state index in [1.807, 2.05) is 30.3 Å². The lowest BCUT2D eigenvalue weighted by atomic mass is 10.0. The van der Waals surface area contributed by atoms with E-state index in [4.69, 9.17) is 9.63 Å². The van der Waals surface area contributed by atoms with Gasteiger partial charge in [-0.3, -0.25) is 9.59 Å². The molecule has 1 aromatic heterocycles. The smallest absolute Gasteiger partial charge is 0.303 e. The Balaban J connectivity index is 2.14. The molecule has 0 fully saturated rings. The van der Waals surface area contributed by atoms with Crippen molar-refractivity contribution in [1.29, 1.82) is 0 Å². The number of aryl methyl sites for hydroxylation is 1. The quantitative estimate of drug-likeness (QED) is 0.851. The standard InChI is InChI=1S/C15H16N2O4/c1-10-12(9-16-21-10)15(20)17-13(7-8-14(18)19)11-5-3-2-4-6-11/h2-6,9,13H,7-8H2,1H3,(H,17,20)(H,18,19). The molecule has 0 aliphatic rings. The van der Waals surface area contributed by atoms with Gasteiger partial charge in [-0.15, -0.1) is 0 Å². The molecule has 1 heterocycles. The Morgan fingerprint density at radius 2 is 2.05 bits per heavy atom. The minimum absolute atomic E-state index is 0.0253. The van der Waals surface area contributed by atoms with Crippen molar-refractivity contribution in [2.24, 2.45) is 0 Å². The Morgan fingerprint density at radius 1 is 1.33 bits per heavy atom. The summed E-state index contributed by atoms with van der Waals surface area (Å²) < 4.78 is 4.87. The van der Waals surface area contributed by atoms with Crippen LogP contribution in [-0.4, -0.2) is 22.1 Å². The van der Waals surface area contributed by atoms with Crippen LogP contribution in [0.15, 0.2) is 41.1 Å². The largest absolute Gasteiger partial charge is 0.481 e. The maximum absolute atomic E-state index is 12.2. The number of carbonyl (C=O) groups excluding carboxylic acids is 1. The Kier molecular flexibility index (Phi) is 4.71. The zero-order valence-electron chi connectivity index (χ0n) is 11.6. The number of nitrogens with one attached hydrogen (secondary N) is 1. The van der Waals surface area contributed by atoms with Crippen LogP contribution in [0.1, 0.15) is 40.6 Å². The molecule has 0 bridgehead atoms. The number of carbonyl (C=O) groups is 2. The summed E-state index contributed by atoms with van der Waals surface area (Å²) in [5, 5.41) is 15.2. The number of carboxylic acid groups (broad SMARTS) is 1. The van der Waals surface area contributed by atoms with Crippen molar-refractivity contribution >= 4 is 11.9 Å². The van der Waals surface area contributed by atoms with Crippen LogP contribution in [0.25, 0.3) is 0 Å². The Labute approximate surface area is 121 Å². The van der Waals surface area contributed by atoms with Gasteiger partial charge in [0, 0.05) is 6.42 Å². The minimum atomic E-state index is -0.897. The van der Waals surface area contributed by atoms with Gasteiger partial charge in [0.05, 0.1) is 12.2 Å². The summed E-state index contributed by atoms with van der Waals surface area (Å²) in [6.45, 7) is 1.65. The summed E-state index contributed by atoms with van der Waals surface area (Å²) >= 11 is 0. The first-order valence-electron chi connectivity index (χ1n) is 6.57. The predicted octanol–water partition coefficient (Wildman–Crippen LogP) is 2.32. The molecule has 0 radical (unpaired) electrons. The number of hydrogen-bond donors (Lipinski definition) is 2. The highest BCUT2D eigenvalue weighted by Crippen LogP contribution is 2.19. The van der Waals surface area contributed by atoms with Gasteiger partial charge >= 0.3 is 5.97 Å². The minimum Gasteiger partial charge on any atom is -0.481 e. The van der Waals surface area contributed by atoms with Gasteiger partial charge in [-0.05, 0) is 18.9 Å². The second kappa shape index (κ2) is 6.69. The van der Waals surface area contributed by atoms with Gasteiger partial charge in [-0.1, -0.05) is 35.5 Å². The van der Waals surface area contributed by atoms with Crippen molar-refractivity contribution in [3.63, 3.8) is 0 Å². The molecule has 2 rings (SSSR count). The van der Waals surface area contributed by atoms with Crippen molar-refractivity contribution in [2.75, 3.05) is 0 Å². The first-order chi connectivity index (χ1) is 10.1. The lowest BCUT2D eigenvalue weighted by Crippen LogP contribution is -2.29. The Morgan fingerprint density at radius 3 is 2.62 bits per heavy atom.